The van der Waals surface area contributed by atoms with Crippen LogP contribution in [-0.2, 0) is 32.7 Å². The van der Waals surface area contributed by atoms with Gasteiger partial charge in [0.1, 0.15) is 6.61 Å². The topological polar surface area (TPSA) is 134 Å². The molecule has 93 heavy (non-hydrogen) atoms. The molecule has 0 saturated carbocycles. The van der Waals surface area contributed by atoms with Gasteiger partial charge in [0, 0.05) is 19.4 Å². The molecule has 0 aromatic carbocycles. The quantitative estimate of drug-likeness (QED) is 0.0264. The van der Waals surface area contributed by atoms with E-state index >= 15 is 0 Å². The Hall–Kier alpha value is -2.81. The Kier molecular flexibility index (Phi) is 75.8. The molecule has 0 fully saturated rings. The molecule has 0 saturated heterocycles. The Morgan fingerprint density at radius 1 is 0.333 bits per heavy atom. The van der Waals surface area contributed by atoms with E-state index < -0.39 is 26.5 Å². The van der Waals surface area contributed by atoms with Gasteiger partial charge in [0.05, 0.1) is 13.2 Å². The number of phosphoric ester groups is 1. The third kappa shape index (κ3) is 78.1. The average Bonchev–Trinajstić information content (AvgIpc) is 3.60. The summed E-state index contributed by atoms with van der Waals surface area (Å²) in [4.78, 5) is 35.5. The van der Waals surface area contributed by atoms with Gasteiger partial charge in [0.25, 0.3) is 0 Å². The summed E-state index contributed by atoms with van der Waals surface area (Å²) < 4.78 is 33.3. The first-order chi connectivity index (χ1) is 45.8. The summed E-state index contributed by atoms with van der Waals surface area (Å²) in [6.45, 7) is 3.70. The summed E-state index contributed by atoms with van der Waals surface area (Å²) in [5.41, 5.74) is 5.42. The zero-order valence-electron chi connectivity index (χ0n) is 61.2. The van der Waals surface area contributed by atoms with E-state index in [1.54, 1.807) is 0 Å². The molecule has 0 aliphatic rings. The van der Waals surface area contributed by atoms with Gasteiger partial charge in [-0.3, -0.25) is 18.6 Å². The maximum atomic E-state index is 12.8. The zero-order valence-corrected chi connectivity index (χ0v) is 62.1. The number of esters is 2. The number of ether oxygens (including phenoxy) is 2. The number of carbonyl (C=O) groups excluding carboxylic acids is 2. The molecular formula is C83H152NO8P. The third-order valence-corrected chi connectivity index (χ3v) is 18.7. The van der Waals surface area contributed by atoms with Gasteiger partial charge in [-0.05, 0) is 89.9 Å². The Labute approximate surface area is 576 Å². The standard InChI is InChI=1S/C83H152NO8P/c1-3-5-7-9-11-13-15-17-19-21-23-25-27-29-31-33-35-37-38-39-40-41-42-44-46-48-50-52-54-56-58-60-62-64-66-68-70-72-74-76-83(86)92-81(80-91-93(87,88)90-78-77-84)79-89-82(85)75-73-71-69-67-65-63-61-59-57-55-53-51-49-47-45-43-36-34-32-30-28-26-24-22-20-18-16-14-12-10-8-6-4-2/h5,7,11,13,17,19,22-25,29,31,35,37,81H,3-4,6,8-10,12,14-16,18,20-21,26-28,30,32-34,36,38-80,84H2,1-2H3,(H,87,88)/b7-5-,13-11-,19-17-,24-22-,25-23-,31-29-,37-35-. The molecule has 0 aliphatic heterocycles. The first kappa shape index (κ1) is 90.2. The van der Waals surface area contributed by atoms with Crippen molar-refractivity contribution in [2.45, 2.75) is 405 Å². The van der Waals surface area contributed by atoms with Crippen LogP contribution in [0.4, 0.5) is 0 Å². The fraction of sp³-hybridized carbons (Fsp3) is 0.807. The Bertz CT molecular complexity index is 1810. The lowest BCUT2D eigenvalue weighted by atomic mass is 10.0. The number of hydrogen-bond donors (Lipinski definition) is 2. The first-order valence-corrected chi connectivity index (χ1v) is 41.6. The van der Waals surface area contributed by atoms with E-state index in [2.05, 4.69) is 98.9 Å². The number of unbranched alkanes of at least 4 members (excludes halogenated alkanes) is 49. The first-order valence-electron chi connectivity index (χ1n) is 40.1. The van der Waals surface area contributed by atoms with Gasteiger partial charge in [-0.2, -0.15) is 0 Å². The summed E-state index contributed by atoms with van der Waals surface area (Å²) in [5.74, 6) is -0.807. The largest absolute Gasteiger partial charge is 0.472 e. The van der Waals surface area contributed by atoms with Crippen LogP contribution in [0.5, 0.6) is 0 Å². The van der Waals surface area contributed by atoms with E-state index in [1.807, 2.05) is 0 Å². The van der Waals surface area contributed by atoms with Crippen molar-refractivity contribution >= 4 is 19.8 Å². The summed E-state index contributed by atoms with van der Waals surface area (Å²) in [5, 5.41) is 0. The number of nitrogens with two attached hydrogens (primary N) is 1. The Morgan fingerprint density at radius 3 is 0.892 bits per heavy atom. The van der Waals surface area contributed by atoms with Crippen molar-refractivity contribution in [2.75, 3.05) is 26.4 Å². The minimum atomic E-state index is -4.40. The molecule has 0 bridgehead atoms. The van der Waals surface area contributed by atoms with Crippen LogP contribution in [0.15, 0.2) is 85.1 Å². The van der Waals surface area contributed by atoms with Crippen LogP contribution in [0, 0.1) is 0 Å². The van der Waals surface area contributed by atoms with Crippen molar-refractivity contribution in [3.63, 3.8) is 0 Å². The molecule has 0 aromatic heterocycles. The normalized spacial score (nSPS) is 13.3. The summed E-state index contributed by atoms with van der Waals surface area (Å²) in [6, 6.07) is 0. The van der Waals surface area contributed by atoms with E-state index in [1.165, 1.54) is 295 Å². The van der Waals surface area contributed by atoms with Gasteiger partial charge in [-0.25, -0.2) is 4.57 Å². The molecule has 0 aliphatic carbocycles. The van der Waals surface area contributed by atoms with Crippen molar-refractivity contribution in [3.05, 3.63) is 85.1 Å². The lowest BCUT2D eigenvalue weighted by Crippen LogP contribution is -2.29. The maximum absolute atomic E-state index is 12.8. The van der Waals surface area contributed by atoms with Gasteiger partial charge < -0.3 is 20.1 Å². The van der Waals surface area contributed by atoms with Gasteiger partial charge in [-0.15, -0.1) is 0 Å². The molecule has 0 radical (unpaired) electrons. The molecule has 2 unspecified atom stereocenters. The summed E-state index contributed by atoms with van der Waals surface area (Å²) in [7, 11) is -4.40. The highest BCUT2D eigenvalue weighted by atomic mass is 31.2. The fourth-order valence-electron chi connectivity index (χ4n) is 11.9. The zero-order chi connectivity index (χ0) is 67.2. The number of phosphoric acid groups is 1. The molecule has 3 N–H and O–H groups in total. The van der Waals surface area contributed by atoms with Crippen LogP contribution < -0.4 is 5.73 Å². The van der Waals surface area contributed by atoms with Crippen molar-refractivity contribution in [2.24, 2.45) is 5.73 Å². The van der Waals surface area contributed by atoms with Crippen molar-refractivity contribution in [3.8, 4) is 0 Å². The second kappa shape index (κ2) is 78.2. The highest BCUT2D eigenvalue weighted by Gasteiger charge is 2.26. The van der Waals surface area contributed by atoms with Gasteiger partial charge in [0.2, 0.25) is 0 Å². The monoisotopic (exact) mass is 1320 g/mol. The number of carbonyl (C=O) groups is 2. The number of allylic oxidation sites excluding steroid dienone is 14. The Balaban J connectivity index is 3.78. The molecule has 0 rings (SSSR count). The van der Waals surface area contributed by atoms with Crippen LogP contribution in [0.1, 0.15) is 399 Å². The third-order valence-electron chi connectivity index (χ3n) is 17.8. The van der Waals surface area contributed by atoms with Crippen molar-refractivity contribution in [1.29, 1.82) is 0 Å². The average molecular weight is 1320 g/mol. The number of rotatable bonds is 76. The molecule has 9 nitrogen and oxygen atoms in total. The van der Waals surface area contributed by atoms with E-state index in [9.17, 15) is 19.0 Å². The molecule has 2 atom stereocenters. The van der Waals surface area contributed by atoms with E-state index in [0.717, 1.165) is 70.6 Å². The predicted octanol–water partition coefficient (Wildman–Crippen LogP) is 26.9. The van der Waals surface area contributed by atoms with Crippen molar-refractivity contribution < 1.29 is 37.6 Å². The van der Waals surface area contributed by atoms with Gasteiger partial charge >= 0.3 is 19.8 Å². The van der Waals surface area contributed by atoms with E-state index in [-0.39, 0.29) is 38.6 Å². The van der Waals surface area contributed by atoms with Crippen LogP contribution in [0.2, 0.25) is 0 Å². The van der Waals surface area contributed by atoms with E-state index in [0.29, 0.717) is 6.42 Å². The fourth-order valence-corrected chi connectivity index (χ4v) is 12.6. The highest BCUT2D eigenvalue weighted by Crippen LogP contribution is 2.43. The summed E-state index contributed by atoms with van der Waals surface area (Å²) >= 11 is 0. The van der Waals surface area contributed by atoms with Gasteiger partial charge in [0.15, 0.2) is 6.10 Å². The van der Waals surface area contributed by atoms with Crippen LogP contribution in [-0.4, -0.2) is 49.3 Å². The highest BCUT2D eigenvalue weighted by molar-refractivity contribution is 7.47. The minimum Gasteiger partial charge on any atom is -0.462 e. The molecule has 542 valence electrons. The van der Waals surface area contributed by atoms with Gasteiger partial charge in [-0.1, -0.05) is 381 Å². The maximum Gasteiger partial charge on any atom is 0.472 e. The van der Waals surface area contributed by atoms with Crippen LogP contribution in [0.25, 0.3) is 0 Å². The molecule has 0 aromatic rings. The van der Waals surface area contributed by atoms with Crippen LogP contribution >= 0.6 is 7.82 Å². The molecule has 10 heteroatoms. The SMILES string of the molecule is CC/C=C\C/C=C\C/C=C\C/C=C\C/C=C\C/C=C\CCCCCCCCCCCCCCCCCCCCCCC(=O)OC(COC(=O)CCCCCCCCCCCCCCCCCCCCCCC/C=C\CCCCCCCCCC)COP(=O)(O)OCCN. The molecule has 0 heterocycles. The molecular weight excluding hydrogens is 1170 g/mol. The lowest BCUT2D eigenvalue weighted by Gasteiger charge is -2.19. The molecule has 0 spiro atoms. The van der Waals surface area contributed by atoms with Crippen molar-refractivity contribution in [1.82, 2.24) is 0 Å². The second-order valence-corrected chi connectivity index (χ2v) is 28.4. The predicted molar refractivity (Wildman–Crippen MR) is 404 cm³/mol. The number of hydrogen-bond acceptors (Lipinski definition) is 8. The lowest BCUT2D eigenvalue weighted by molar-refractivity contribution is -0.161. The molecule has 0 amide bonds. The Morgan fingerprint density at radius 2 is 0.591 bits per heavy atom. The summed E-state index contributed by atoms with van der Waals surface area (Å²) in [6.07, 6.45) is 106. The van der Waals surface area contributed by atoms with E-state index in [4.69, 9.17) is 24.3 Å². The van der Waals surface area contributed by atoms with Crippen LogP contribution in [0.3, 0.4) is 0 Å². The second-order valence-electron chi connectivity index (χ2n) is 26.9. The minimum absolute atomic E-state index is 0.0542. The smallest absolute Gasteiger partial charge is 0.462 e.